The largest absolute Gasteiger partial charge is 0.362 e. The Hall–Kier alpha value is -1.16. The van der Waals surface area contributed by atoms with Crippen molar-refractivity contribution in [3.63, 3.8) is 0 Å². The number of benzene rings is 1. The topological polar surface area (TPSA) is 24.1 Å². The fourth-order valence-electron chi connectivity index (χ4n) is 2.76. The molecule has 2 rings (SSSR count). The van der Waals surface area contributed by atoms with Crippen LogP contribution in [0.2, 0.25) is 0 Å². The third-order valence-electron chi connectivity index (χ3n) is 4.07. The van der Waals surface area contributed by atoms with E-state index >= 15 is 0 Å². The lowest BCUT2D eigenvalue weighted by atomic mass is 9.86. The molecule has 0 heterocycles. The molecule has 2 N–H and O–H groups in total. The van der Waals surface area contributed by atoms with Gasteiger partial charge in [0.2, 0.25) is 0 Å². The summed E-state index contributed by atoms with van der Waals surface area (Å²) >= 11 is 5.32. The molecule has 2 atom stereocenters. The second-order valence-corrected chi connectivity index (χ2v) is 6.02. The molecule has 0 bridgehead atoms. The molecule has 4 heteroatoms. The summed E-state index contributed by atoms with van der Waals surface area (Å²) in [6.45, 7) is 2.94. The van der Waals surface area contributed by atoms with Crippen LogP contribution >= 0.6 is 12.2 Å². The van der Waals surface area contributed by atoms with E-state index in [1.54, 1.807) is 6.07 Å². The number of rotatable bonds is 4. The maximum Gasteiger partial charge on any atom is 0.166 e. The van der Waals surface area contributed by atoms with Crippen molar-refractivity contribution in [1.82, 2.24) is 10.6 Å². The van der Waals surface area contributed by atoms with Crippen LogP contribution in [-0.2, 0) is 6.42 Å². The van der Waals surface area contributed by atoms with Crippen LogP contribution in [0.25, 0.3) is 0 Å². The van der Waals surface area contributed by atoms with Crippen molar-refractivity contribution in [1.29, 1.82) is 0 Å². The van der Waals surface area contributed by atoms with Crippen molar-refractivity contribution in [2.24, 2.45) is 5.92 Å². The molecule has 2 nitrogen and oxygen atoms in total. The Balaban J connectivity index is 1.71. The van der Waals surface area contributed by atoms with Gasteiger partial charge in [0, 0.05) is 12.6 Å². The molecule has 1 saturated carbocycles. The minimum atomic E-state index is -0.144. The van der Waals surface area contributed by atoms with Gasteiger partial charge in [-0.25, -0.2) is 4.39 Å². The predicted molar refractivity (Wildman–Crippen MR) is 85.3 cm³/mol. The Labute approximate surface area is 126 Å². The molecule has 0 radical (unpaired) electrons. The van der Waals surface area contributed by atoms with Crippen LogP contribution in [0.1, 0.15) is 38.2 Å². The van der Waals surface area contributed by atoms with Crippen LogP contribution in [0.5, 0.6) is 0 Å². The molecule has 1 aliphatic carbocycles. The van der Waals surface area contributed by atoms with Gasteiger partial charge in [-0.2, -0.15) is 0 Å². The molecule has 0 spiro atoms. The molecule has 1 aromatic carbocycles. The van der Waals surface area contributed by atoms with E-state index in [9.17, 15) is 4.39 Å². The van der Waals surface area contributed by atoms with E-state index in [-0.39, 0.29) is 5.82 Å². The zero-order valence-electron chi connectivity index (χ0n) is 12.0. The molecule has 0 aliphatic heterocycles. The van der Waals surface area contributed by atoms with Crippen molar-refractivity contribution in [3.8, 4) is 0 Å². The Morgan fingerprint density at radius 2 is 2.05 bits per heavy atom. The Kier molecular flexibility index (Phi) is 5.77. The Morgan fingerprint density at radius 1 is 1.30 bits per heavy atom. The number of nitrogens with one attached hydrogen (secondary N) is 2. The van der Waals surface area contributed by atoms with Crippen LogP contribution in [-0.4, -0.2) is 17.7 Å². The van der Waals surface area contributed by atoms with E-state index in [2.05, 4.69) is 17.6 Å². The van der Waals surface area contributed by atoms with Gasteiger partial charge in [-0.1, -0.05) is 38.0 Å². The first-order valence-corrected chi connectivity index (χ1v) is 7.85. The third kappa shape index (κ3) is 4.44. The molecule has 0 unspecified atom stereocenters. The van der Waals surface area contributed by atoms with Gasteiger partial charge in [0.05, 0.1) is 0 Å². The average molecular weight is 294 g/mol. The first-order chi connectivity index (χ1) is 9.66. The van der Waals surface area contributed by atoms with E-state index in [1.165, 1.54) is 31.7 Å². The van der Waals surface area contributed by atoms with E-state index in [1.807, 2.05) is 12.1 Å². The van der Waals surface area contributed by atoms with Crippen LogP contribution in [0, 0.1) is 11.7 Å². The number of hydrogen-bond acceptors (Lipinski definition) is 1. The summed E-state index contributed by atoms with van der Waals surface area (Å²) in [7, 11) is 0. The summed E-state index contributed by atoms with van der Waals surface area (Å²) in [6.07, 6.45) is 5.72. The first-order valence-electron chi connectivity index (χ1n) is 7.44. The maximum absolute atomic E-state index is 13.5. The molecular formula is C16H23FN2S. The highest BCUT2D eigenvalue weighted by atomic mass is 32.1. The number of thiocarbonyl (C=S) groups is 1. The minimum absolute atomic E-state index is 0.144. The van der Waals surface area contributed by atoms with Gasteiger partial charge in [-0.3, -0.25) is 0 Å². The fraction of sp³-hybridized carbons (Fsp3) is 0.562. The van der Waals surface area contributed by atoms with Crippen molar-refractivity contribution in [2.45, 2.75) is 45.1 Å². The first kappa shape index (κ1) is 15.2. The van der Waals surface area contributed by atoms with Crippen LogP contribution < -0.4 is 10.6 Å². The van der Waals surface area contributed by atoms with Gasteiger partial charge in [-0.05, 0) is 49.0 Å². The van der Waals surface area contributed by atoms with Gasteiger partial charge in [0.15, 0.2) is 5.11 Å². The molecule has 1 aliphatic rings. The van der Waals surface area contributed by atoms with Crippen molar-refractivity contribution in [2.75, 3.05) is 6.54 Å². The average Bonchev–Trinajstić information content (AvgIpc) is 2.43. The normalized spacial score (nSPS) is 22.3. The molecule has 110 valence electrons. The van der Waals surface area contributed by atoms with Gasteiger partial charge in [0.1, 0.15) is 5.82 Å². The molecule has 0 amide bonds. The number of halogens is 1. The number of hydrogen-bond donors (Lipinski definition) is 2. The minimum Gasteiger partial charge on any atom is -0.362 e. The van der Waals surface area contributed by atoms with Crippen molar-refractivity contribution >= 4 is 17.3 Å². The second kappa shape index (κ2) is 7.58. The van der Waals surface area contributed by atoms with E-state index in [0.717, 1.165) is 5.56 Å². The molecule has 20 heavy (non-hydrogen) atoms. The predicted octanol–water partition coefficient (Wildman–Crippen LogP) is 3.41. The standard InChI is InChI=1S/C16H23FN2S/c1-12-6-2-5-9-15(12)19-16(20)18-11-10-13-7-3-4-8-14(13)17/h3-4,7-8,12,15H,2,5-6,9-11H2,1H3,(H2,18,19,20)/t12-,15-/m0/s1. The zero-order chi connectivity index (χ0) is 14.4. The van der Waals surface area contributed by atoms with Gasteiger partial charge in [0.25, 0.3) is 0 Å². The second-order valence-electron chi connectivity index (χ2n) is 5.61. The quantitative estimate of drug-likeness (QED) is 0.832. The summed E-state index contributed by atoms with van der Waals surface area (Å²) in [5.74, 6) is 0.532. The molecule has 0 aromatic heterocycles. The SMILES string of the molecule is C[C@H]1CCCC[C@@H]1NC(=S)NCCc1ccccc1F. The van der Waals surface area contributed by atoms with Gasteiger partial charge in [-0.15, -0.1) is 0 Å². The lowest BCUT2D eigenvalue weighted by Crippen LogP contribution is -2.46. The highest BCUT2D eigenvalue weighted by Gasteiger charge is 2.21. The smallest absolute Gasteiger partial charge is 0.166 e. The lowest BCUT2D eigenvalue weighted by molar-refractivity contribution is 0.308. The Morgan fingerprint density at radius 3 is 2.80 bits per heavy atom. The lowest BCUT2D eigenvalue weighted by Gasteiger charge is -2.30. The van der Waals surface area contributed by atoms with Gasteiger partial charge >= 0.3 is 0 Å². The van der Waals surface area contributed by atoms with E-state index in [0.29, 0.717) is 30.0 Å². The summed E-state index contributed by atoms with van der Waals surface area (Å²) in [5.41, 5.74) is 0.730. The van der Waals surface area contributed by atoms with Crippen LogP contribution in [0.4, 0.5) is 4.39 Å². The summed E-state index contributed by atoms with van der Waals surface area (Å²) in [6, 6.07) is 7.37. The molecular weight excluding hydrogens is 271 g/mol. The highest BCUT2D eigenvalue weighted by molar-refractivity contribution is 7.80. The van der Waals surface area contributed by atoms with E-state index < -0.39 is 0 Å². The van der Waals surface area contributed by atoms with Crippen LogP contribution in [0.15, 0.2) is 24.3 Å². The molecule has 0 saturated heterocycles. The maximum atomic E-state index is 13.5. The molecule has 1 aromatic rings. The molecule has 1 fully saturated rings. The zero-order valence-corrected chi connectivity index (χ0v) is 12.8. The summed E-state index contributed by atoms with van der Waals surface area (Å²) < 4.78 is 13.5. The monoisotopic (exact) mass is 294 g/mol. The Bertz CT molecular complexity index is 450. The van der Waals surface area contributed by atoms with Crippen molar-refractivity contribution < 1.29 is 4.39 Å². The third-order valence-corrected chi connectivity index (χ3v) is 4.33. The summed E-state index contributed by atoms with van der Waals surface area (Å²) in [4.78, 5) is 0. The van der Waals surface area contributed by atoms with E-state index in [4.69, 9.17) is 12.2 Å². The van der Waals surface area contributed by atoms with Gasteiger partial charge < -0.3 is 10.6 Å². The van der Waals surface area contributed by atoms with Crippen molar-refractivity contribution in [3.05, 3.63) is 35.6 Å². The highest BCUT2D eigenvalue weighted by Crippen LogP contribution is 2.23. The summed E-state index contributed by atoms with van der Waals surface area (Å²) in [5, 5.41) is 7.27. The van der Waals surface area contributed by atoms with Crippen LogP contribution in [0.3, 0.4) is 0 Å². The fourth-order valence-corrected chi connectivity index (χ4v) is 3.02.